The molecule has 0 spiro atoms. The number of aromatic nitrogens is 2. The number of hydrogen-bond acceptors (Lipinski definition) is 7. The lowest BCUT2D eigenvalue weighted by molar-refractivity contribution is 0.0601. The molecular formula is C20H20N4O3. The Balaban J connectivity index is 1.83. The second-order valence-electron chi connectivity index (χ2n) is 6.47. The van der Waals surface area contributed by atoms with Gasteiger partial charge in [-0.3, -0.25) is 0 Å². The number of phenols is 1. The molecule has 0 bridgehead atoms. The van der Waals surface area contributed by atoms with Crippen molar-refractivity contribution in [2.24, 2.45) is 0 Å². The molecule has 4 rings (SSSR count). The van der Waals surface area contributed by atoms with Crippen LogP contribution in [0.2, 0.25) is 0 Å². The lowest BCUT2D eigenvalue weighted by Crippen LogP contribution is -2.23. The minimum atomic E-state index is -0.479. The maximum atomic E-state index is 11.9. The van der Waals surface area contributed by atoms with Gasteiger partial charge in [0.15, 0.2) is 5.82 Å². The Kier molecular flexibility index (Phi) is 4.60. The normalized spacial score (nSPS) is 16.4. The fourth-order valence-electron chi connectivity index (χ4n) is 3.24. The van der Waals surface area contributed by atoms with Gasteiger partial charge in [-0.2, -0.15) is 0 Å². The summed E-state index contributed by atoms with van der Waals surface area (Å²) in [5, 5.41) is 18.0. The van der Waals surface area contributed by atoms with Gasteiger partial charge < -0.3 is 20.5 Å². The molecule has 1 aliphatic heterocycles. The fraction of sp³-hybridized carbons (Fsp3) is 0.250. The van der Waals surface area contributed by atoms with Crippen LogP contribution in [0.5, 0.6) is 5.75 Å². The Labute approximate surface area is 156 Å². The van der Waals surface area contributed by atoms with Gasteiger partial charge in [0.25, 0.3) is 0 Å². The molecule has 0 radical (unpaired) electrons. The highest BCUT2D eigenvalue weighted by Gasteiger charge is 2.19. The highest BCUT2D eigenvalue weighted by Crippen LogP contribution is 2.31. The van der Waals surface area contributed by atoms with Crippen molar-refractivity contribution in [3.63, 3.8) is 0 Å². The standard InChI is InChI=1S/C20H20N4O3/c1-27-20(26)12-6-7-17(25)15(10-12)19-23-16-5-3-2-4-14(16)18(24-19)22-13-8-9-21-11-13/h2-7,10,13,21,25H,8-9,11H2,1H3,(H,22,23,24)/t13-/m0/s1. The van der Waals surface area contributed by atoms with Gasteiger partial charge in [0, 0.05) is 18.0 Å². The largest absolute Gasteiger partial charge is 0.507 e. The summed E-state index contributed by atoms with van der Waals surface area (Å²) >= 11 is 0. The van der Waals surface area contributed by atoms with Gasteiger partial charge in [-0.15, -0.1) is 0 Å². The van der Waals surface area contributed by atoms with Crippen LogP contribution in [-0.2, 0) is 4.74 Å². The molecule has 7 nitrogen and oxygen atoms in total. The van der Waals surface area contributed by atoms with Crippen molar-refractivity contribution < 1.29 is 14.6 Å². The summed E-state index contributed by atoms with van der Waals surface area (Å²) in [5.41, 5.74) is 1.48. The summed E-state index contributed by atoms with van der Waals surface area (Å²) in [6.07, 6.45) is 1.01. The number of esters is 1. The van der Waals surface area contributed by atoms with Gasteiger partial charge >= 0.3 is 5.97 Å². The number of methoxy groups -OCH3 is 1. The summed E-state index contributed by atoms with van der Waals surface area (Å²) in [4.78, 5) is 21.1. The number of para-hydroxylation sites is 1. The number of anilines is 1. The number of benzene rings is 2. The number of ether oxygens (including phenoxy) is 1. The summed E-state index contributed by atoms with van der Waals surface area (Å²) < 4.78 is 4.77. The number of nitrogens with zero attached hydrogens (tertiary/aromatic N) is 2. The van der Waals surface area contributed by atoms with Crippen molar-refractivity contribution in [3.8, 4) is 17.1 Å². The minimum absolute atomic E-state index is 0.00594. The van der Waals surface area contributed by atoms with Gasteiger partial charge in [0.2, 0.25) is 0 Å². The lowest BCUT2D eigenvalue weighted by atomic mass is 10.1. The van der Waals surface area contributed by atoms with Gasteiger partial charge in [-0.25, -0.2) is 14.8 Å². The molecule has 0 amide bonds. The molecule has 0 aliphatic carbocycles. The molecule has 1 atom stereocenters. The fourth-order valence-corrected chi connectivity index (χ4v) is 3.24. The first-order valence-corrected chi connectivity index (χ1v) is 8.81. The molecule has 7 heteroatoms. The molecule has 1 aromatic heterocycles. The van der Waals surface area contributed by atoms with E-state index in [1.165, 1.54) is 19.2 Å². The van der Waals surface area contributed by atoms with E-state index in [1.807, 2.05) is 24.3 Å². The third-order valence-electron chi connectivity index (χ3n) is 4.66. The molecule has 3 N–H and O–H groups in total. The zero-order valence-electron chi connectivity index (χ0n) is 14.9. The maximum absolute atomic E-state index is 11.9. The number of hydrogen-bond donors (Lipinski definition) is 3. The van der Waals surface area contributed by atoms with E-state index in [4.69, 9.17) is 4.74 Å². The van der Waals surface area contributed by atoms with E-state index < -0.39 is 5.97 Å². The molecule has 1 fully saturated rings. The zero-order valence-corrected chi connectivity index (χ0v) is 14.9. The predicted octanol–water partition coefficient (Wildman–Crippen LogP) is 2.56. The first kappa shape index (κ1) is 17.2. The van der Waals surface area contributed by atoms with E-state index in [0.29, 0.717) is 22.8 Å². The third kappa shape index (κ3) is 3.41. The third-order valence-corrected chi connectivity index (χ3v) is 4.66. The van der Waals surface area contributed by atoms with E-state index in [-0.39, 0.29) is 11.8 Å². The Bertz CT molecular complexity index is 1000. The summed E-state index contributed by atoms with van der Waals surface area (Å²) in [7, 11) is 1.32. The molecule has 0 saturated carbocycles. The predicted molar refractivity (Wildman–Crippen MR) is 103 cm³/mol. The van der Waals surface area contributed by atoms with Crippen LogP contribution in [0.4, 0.5) is 5.82 Å². The number of carbonyl (C=O) groups is 1. The van der Waals surface area contributed by atoms with Crippen LogP contribution in [0.1, 0.15) is 16.8 Å². The Morgan fingerprint density at radius 2 is 2.11 bits per heavy atom. The minimum Gasteiger partial charge on any atom is -0.507 e. The smallest absolute Gasteiger partial charge is 0.337 e. The second kappa shape index (κ2) is 7.20. The van der Waals surface area contributed by atoms with Crippen LogP contribution in [0.3, 0.4) is 0 Å². The molecule has 3 aromatic rings. The topological polar surface area (TPSA) is 96.4 Å². The Hall–Kier alpha value is -3.19. The first-order valence-electron chi connectivity index (χ1n) is 8.81. The van der Waals surface area contributed by atoms with Crippen molar-refractivity contribution in [2.45, 2.75) is 12.5 Å². The van der Waals surface area contributed by atoms with Crippen molar-refractivity contribution in [1.82, 2.24) is 15.3 Å². The number of fused-ring (bicyclic) bond motifs is 1. The molecule has 2 heterocycles. The zero-order chi connectivity index (χ0) is 18.8. The number of carbonyl (C=O) groups excluding carboxylic acids is 1. The lowest BCUT2D eigenvalue weighted by Gasteiger charge is -2.15. The average Bonchev–Trinajstić information content (AvgIpc) is 3.20. The second-order valence-corrected chi connectivity index (χ2v) is 6.47. The number of nitrogens with one attached hydrogen (secondary N) is 2. The van der Waals surface area contributed by atoms with Gasteiger partial charge in [0.05, 0.1) is 23.8 Å². The summed E-state index contributed by atoms with van der Waals surface area (Å²) in [6, 6.07) is 12.5. The van der Waals surface area contributed by atoms with E-state index in [0.717, 1.165) is 30.4 Å². The summed E-state index contributed by atoms with van der Waals surface area (Å²) in [6.45, 7) is 1.84. The molecule has 1 saturated heterocycles. The average molecular weight is 364 g/mol. The van der Waals surface area contributed by atoms with E-state index in [2.05, 4.69) is 20.6 Å². The van der Waals surface area contributed by atoms with Crippen LogP contribution in [0.15, 0.2) is 42.5 Å². The molecule has 0 unspecified atom stereocenters. The van der Waals surface area contributed by atoms with Gasteiger partial charge in [0.1, 0.15) is 11.6 Å². The summed E-state index contributed by atoms with van der Waals surface area (Å²) in [5.74, 6) is 0.594. The van der Waals surface area contributed by atoms with Crippen LogP contribution in [-0.4, -0.2) is 47.3 Å². The van der Waals surface area contributed by atoms with Crippen LogP contribution in [0.25, 0.3) is 22.3 Å². The first-order chi connectivity index (χ1) is 13.2. The Morgan fingerprint density at radius 1 is 1.26 bits per heavy atom. The Morgan fingerprint density at radius 3 is 2.89 bits per heavy atom. The maximum Gasteiger partial charge on any atom is 0.337 e. The van der Waals surface area contributed by atoms with Crippen molar-refractivity contribution in [2.75, 3.05) is 25.5 Å². The van der Waals surface area contributed by atoms with Crippen LogP contribution < -0.4 is 10.6 Å². The monoisotopic (exact) mass is 364 g/mol. The molecular weight excluding hydrogens is 344 g/mol. The van der Waals surface area contributed by atoms with E-state index >= 15 is 0 Å². The quantitative estimate of drug-likeness (QED) is 0.612. The highest BCUT2D eigenvalue weighted by molar-refractivity contribution is 5.93. The van der Waals surface area contributed by atoms with Gasteiger partial charge in [-0.05, 0) is 43.3 Å². The van der Waals surface area contributed by atoms with E-state index in [1.54, 1.807) is 6.07 Å². The van der Waals surface area contributed by atoms with E-state index in [9.17, 15) is 9.90 Å². The number of aromatic hydroxyl groups is 1. The van der Waals surface area contributed by atoms with Crippen molar-refractivity contribution in [3.05, 3.63) is 48.0 Å². The van der Waals surface area contributed by atoms with Crippen molar-refractivity contribution in [1.29, 1.82) is 0 Å². The molecule has 27 heavy (non-hydrogen) atoms. The highest BCUT2D eigenvalue weighted by atomic mass is 16.5. The molecule has 1 aliphatic rings. The molecule has 2 aromatic carbocycles. The SMILES string of the molecule is COC(=O)c1ccc(O)c(-c2nc(N[C@H]3CCNC3)c3ccccc3n2)c1. The van der Waals surface area contributed by atoms with Gasteiger partial charge in [-0.1, -0.05) is 12.1 Å². The molecule has 138 valence electrons. The number of phenolic OH excluding ortho intramolecular Hbond substituents is 1. The van der Waals surface area contributed by atoms with Crippen molar-refractivity contribution >= 4 is 22.7 Å². The van der Waals surface area contributed by atoms with Crippen LogP contribution >= 0.6 is 0 Å². The number of rotatable bonds is 4. The van der Waals surface area contributed by atoms with Crippen LogP contribution in [0, 0.1) is 0 Å².